The first-order valence-electron chi connectivity index (χ1n) is 5.03. The summed E-state index contributed by atoms with van der Waals surface area (Å²) in [6, 6.07) is 8.71. The van der Waals surface area contributed by atoms with Gasteiger partial charge in [0.2, 0.25) is 0 Å². The molecule has 13 heavy (non-hydrogen) atoms. The lowest BCUT2D eigenvalue weighted by Gasteiger charge is -2.06. The molecule has 0 saturated heterocycles. The molecule has 0 amide bonds. The van der Waals surface area contributed by atoms with E-state index in [1.165, 1.54) is 22.6 Å². The van der Waals surface area contributed by atoms with Gasteiger partial charge in [-0.2, -0.15) is 0 Å². The lowest BCUT2D eigenvalue weighted by atomic mass is 9.98. The molecule has 1 radical (unpaired) electrons. The highest BCUT2D eigenvalue weighted by Crippen LogP contribution is 2.37. The van der Waals surface area contributed by atoms with Crippen LogP contribution in [-0.4, -0.2) is 0 Å². The summed E-state index contributed by atoms with van der Waals surface area (Å²) in [4.78, 5) is 0. The Labute approximate surface area is 80.3 Å². The van der Waals surface area contributed by atoms with Gasteiger partial charge in [-0.25, -0.2) is 0 Å². The van der Waals surface area contributed by atoms with Gasteiger partial charge in [-0.1, -0.05) is 44.2 Å². The minimum atomic E-state index is 1.14. The molecule has 0 nitrogen and oxygen atoms in total. The molecule has 0 bridgehead atoms. The van der Waals surface area contributed by atoms with E-state index >= 15 is 0 Å². The SMILES string of the molecule is CC[C]1C=C(CC)c2ccccc21. The zero-order chi connectivity index (χ0) is 9.26. The normalized spacial score (nSPS) is 15.7. The number of hydrogen-bond donors (Lipinski definition) is 0. The zero-order valence-corrected chi connectivity index (χ0v) is 8.30. The second-order valence-electron chi connectivity index (χ2n) is 3.45. The molecule has 0 spiro atoms. The van der Waals surface area contributed by atoms with Gasteiger partial charge in [0.25, 0.3) is 0 Å². The first-order chi connectivity index (χ1) is 6.36. The van der Waals surface area contributed by atoms with Gasteiger partial charge < -0.3 is 0 Å². The van der Waals surface area contributed by atoms with Crippen LogP contribution in [0.1, 0.15) is 37.8 Å². The van der Waals surface area contributed by atoms with Crippen molar-refractivity contribution in [1.29, 1.82) is 0 Å². The number of rotatable bonds is 2. The Morgan fingerprint density at radius 2 is 1.62 bits per heavy atom. The molecule has 0 atom stereocenters. The summed E-state index contributed by atoms with van der Waals surface area (Å²) in [5, 5.41) is 0. The predicted octanol–water partition coefficient (Wildman–Crippen LogP) is 3.83. The molecule has 2 rings (SSSR count). The second-order valence-corrected chi connectivity index (χ2v) is 3.45. The lowest BCUT2D eigenvalue weighted by Crippen LogP contribution is -1.90. The quantitative estimate of drug-likeness (QED) is 0.634. The van der Waals surface area contributed by atoms with Gasteiger partial charge >= 0.3 is 0 Å². The molecule has 1 aromatic rings. The number of hydrogen-bond acceptors (Lipinski definition) is 0. The average molecular weight is 171 g/mol. The van der Waals surface area contributed by atoms with Gasteiger partial charge in [-0.15, -0.1) is 0 Å². The molecule has 0 aliphatic heterocycles. The summed E-state index contributed by atoms with van der Waals surface area (Å²) in [6.07, 6.45) is 4.63. The molecule has 67 valence electrons. The van der Waals surface area contributed by atoms with Gasteiger partial charge in [0.1, 0.15) is 0 Å². The molecule has 0 unspecified atom stereocenters. The summed E-state index contributed by atoms with van der Waals surface area (Å²) in [7, 11) is 0. The third-order valence-corrected chi connectivity index (χ3v) is 2.73. The number of fused-ring (bicyclic) bond motifs is 1. The van der Waals surface area contributed by atoms with E-state index in [4.69, 9.17) is 0 Å². The molecule has 0 aromatic heterocycles. The summed E-state index contributed by atoms with van der Waals surface area (Å²) in [5.74, 6) is 1.49. The fraction of sp³-hybridized carbons (Fsp3) is 0.308. The minimum Gasteiger partial charge on any atom is -0.0689 e. The Morgan fingerprint density at radius 3 is 2.23 bits per heavy atom. The van der Waals surface area contributed by atoms with E-state index in [0.717, 1.165) is 12.8 Å². The van der Waals surface area contributed by atoms with Crippen LogP contribution < -0.4 is 0 Å². The Kier molecular flexibility index (Phi) is 2.22. The molecule has 0 fully saturated rings. The van der Waals surface area contributed by atoms with E-state index in [9.17, 15) is 0 Å². The van der Waals surface area contributed by atoms with Crippen molar-refractivity contribution in [2.75, 3.05) is 0 Å². The van der Waals surface area contributed by atoms with Gasteiger partial charge in [-0.05, 0) is 29.5 Å². The highest BCUT2D eigenvalue weighted by Gasteiger charge is 2.20. The van der Waals surface area contributed by atoms with E-state index in [2.05, 4.69) is 44.2 Å². The molecule has 0 heterocycles. The zero-order valence-electron chi connectivity index (χ0n) is 8.30. The number of benzene rings is 1. The van der Waals surface area contributed by atoms with Gasteiger partial charge in [0, 0.05) is 5.92 Å². The Bertz CT molecular complexity index is 334. The summed E-state index contributed by atoms with van der Waals surface area (Å²) < 4.78 is 0. The van der Waals surface area contributed by atoms with Crippen molar-refractivity contribution in [2.24, 2.45) is 0 Å². The van der Waals surface area contributed by atoms with Crippen LogP contribution in [0.15, 0.2) is 30.3 Å². The second kappa shape index (κ2) is 3.37. The average Bonchev–Trinajstić information content (AvgIpc) is 2.56. The van der Waals surface area contributed by atoms with Crippen molar-refractivity contribution in [1.82, 2.24) is 0 Å². The number of allylic oxidation sites excluding steroid dienone is 2. The van der Waals surface area contributed by atoms with Crippen LogP contribution in [0.3, 0.4) is 0 Å². The Hall–Kier alpha value is -1.04. The van der Waals surface area contributed by atoms with Gasteiger partial charge in [-0.3, -0.25) is 0 Å². The largest absolute Gasteiger partial charge is 0.0689 e. The maximum atomic E-state index is 2.35. The fourth-order valence-corrected chi connectivity index (χ4v) is 1.99. The van der Waals surface area contributed by atoms with Gasteiger partial charge in [0.05, 0.1) is 0 Å². The summed E-state index contributed by atoms with van der Waals surface area (Å²) in [5.41, 5.74) is 4.39. The highest BCUT2D eigenvalue weighted by molar-refractivity contribution is 5.79. The molecule has 1 aliphatic rings. The third kappa shape index (κ3) is 1.31. The van der Waals surface area contributed by atoms with Crippen LogP contribution in [0.4, 0.5) is 0 Å². The standard InChI is InChI=1S/C13H15/c1-3-10-9-11(4-2)13-8-6-5-7-12(10)13/h5-9H,3-4H2,1-2H3. The Morgan fingerprint density at radius 1 is 0.923 bits per heavy atom. The van der Waals surface area contributed by atoms with Crippen molar-refractivity contribution in [2.45, 2.75) is 26.7 Å². The van der Waals surface area contributed by atoms with Crippen molar-refractivity contribution >= 4 is 5.57 Å². The third-order valence-electron chi connectivity index (χ3n) is 2.73. The Balaban J connectivity index is 2.47. The molecule has 1 aromatic carbocycles. The van der Waals surface area contributed by atoms with E-state index < -0.39 is 0 Å². The molecular weight excluding hydrogens is 156 g/mol. The van der Waals surface area contributed by atoms with E-state index in [-0.39, 0.29) is 0 Å². The molecule has 0 heteroatoms. The highest BCUT2D eigenvalue weighted by atomic mass is 14.2. The van der Waals surface area contributed by atoms with E-state index in [0.29, 0.717) is 0 Å². The minimum absolute atomic E-state index is 1.14. The smallest absolute Gasteiger partial charge is 0.0273 e. The molecule has 0 saturated carbocycles. The van der Waals surface area contributed by atoms with Crippen LogP contribution in [0, 0.1) is 5.92 Å². The maximum absolute atomic E-state index is 2.35. The van der Waals surface area contributed by atoms with Crippen LogP contribution >= 0.6 is 0 Å². The first kappa shape index (κ1) is 8.55. The van der Waals surface area contributed by atoms with Crippen molar-refractivity contribution < 1.29 is 0 Å². The lowest BCUT2D eigenvalue weighted by molar-refractivity contribution is 1.03. The van der Waals surface area contributed by atoms with E-state index in [1.807, 2.05) is 0 Å². The fourth-order valence-electron chi connectivity index (χ4n) is 1.99. The van der Waals surface area contributed by atoms with Crippen LogP contribution in [-0.2, 0) is 0 Å². The summed E-state index contributed by atoms with van der Waals surface area (Å²) in [6.45, 7) is 4.45. The monoisotopic (exact) mass is 171 g/mol. The van der Waals surface area contributed by atoms with Crippen LogP contribution in [0.2, 0.25) is 0 Å². The molecular formula is C13H15. The van der Waals surface area contributed by atoms with Crippen molar-refractivity contribution in [3.63, 3.8) is 0 Å². The topological polar surface area (TPSA) is 0 Å². The summed E-state index contributed by atoms with van der Waals surface area (Å²) >= 11 is 0. The predicted molar refractivity (Wildman–Crippen MR) is 57.3 cm³/mol. The molecule has 1 aliphatic carbocycles. The van der Waals surface area contributed by atoms with Gasteiger partial charge in [0.15, 0.2) is 0 Å². The molecule has 0 N–H and O–H groups in total. The maximum Gasteiger partial charge on any atom is 0.0273 e. The van der Waals surface area contributed by atoms with Crippen LogP contribution in [0.25, 0.3) is 5.57 Å². The van der Waals surface area contributed by atoms with Crippen LogP contribution in [0.5, 0.6) is 0 Å². The van der Waals surface area contributed by atoms with Crippen molar-refractivity contribution in [3.8, 4) is 0 Å². The van der Waals surface area contributed by atoms with E-state index in [1.54, 1.807) is 0 Å². The first-order valence-corrected chi connectivity index (χ1v) is 5.03. The van der Waals surface area contributed by atoms with Crippen molar-refractivity contribution in [3.05, 3.63) is 47.4 Å².